The Balaban J connectivity index is 1.94. The van der Waals surface area contributed by atoms with Crippen LogP contribution >= 0.6 is 11.6 Å². The Morgan fingerprint density at radius 3 is 2.50 bits per heavy atom. The smallest absolute Gasteiger partial charge is 0.123 e. The SMILES string of the molecule is N#CC(NCCc1ccc(F)cc1)c1ccccc1Cl. The molecular weight excluding hydrogens is 275 g/mol. The normalized spacial score (nSPS) is 11.8. The van der Waals surface area contributed by atoms with Crippen molar-refractivity contribution in [3.63, 3.8) is 0 Å². The number of benzene rings is 2. The minimum atomic E-state index is -0.441. The summed E-state index contributed by atoms with van der Waals surface area (Å²) >= 11 is 6.08. The standard InChI is InChI=1S/C16H14ClFN2/c17-15-4-2-1-3-14(15)16(11-19)20-10-9-12-5-7-13(18)8-6-12/h1-8,16,20H,9-10H2. The number of rotatable bonds is 5. The third-order valence-corrected chi connectivity index (χ3v) is 3.36. The molecule has 4 heteroatoms. The van der Waals surface area contributed by atoms with E-state index in [1.807, 2.05) is 18.2 Å². The summed E-state index contributed by atoms with van der Waals surface area (Å²) in [7, 11) is 0. The zero-order valence-corrected chi connectivity index (χ0v) is 11.6. The molecule has 2 aromatic carbocycles. The van der Waals surface area contributed by atoms with Gasteiger partial charge in [-0.1, -0.05) is 41.9 Å². The first-order valence-corrected chi connectivity index (χ1v) is 6.70. The van der Waals surface area contributed by atoms with Crippen molar-refractivity contribution in [3.8, 4) is 6.07 Å². The molecule has 0 saturated heterocycles. The average Bonchev–Trinajstić information content (AvgIpc) is 2.47. The lowest BCUT2D eigenvalue weighted by Gasteiger charge is -2.13. The van der Waals surface area contributed by atoms with E-state index in [1.165, 1.54) is 12.1 Å². The zero-order valence-electron chi connectivity index (χ0n) is 10.8. The second kappa shape index (κ2) is 7.04. The van der Waals surface area contributed by atoms with E-state index < -0.39 is 6.04 Å². The molecule has 0 aliphatic heterocycles. The maximum Gasteiger partial charge on any atom is 0.123 e. The molecule has 0 spiro atoms. The Labute approximate surface area is 122 Å². The highest BCUT2D eigenvalue weighted by molar-refractivity contribution is 6.31. The van der Waals surface area contributed by atoms with E-state index in [0.717, 1.165) is 17.5 Å². The summed E-state index contributed by atoms with van der Waals surface area (Å²) < 4.78 is 12.8. The maximum atomic E-state index is 12.8. The molecule has 1 atom stereocenters. The number of nitrogens with one attached hydrogen (secondary N) is 1. The van der Waals surface area contributed by atoms with Crippen LogP contribution in [0.2, 0.25) is 5.02 Å². The first-order chi connectivity index (χ1) is 9.70. The lowest BCUT2D eigenvalue weighted by atomic mass is 10.1. The first-order valence-electron chi connectivity index (χ1n) is 6.32. The molecule has 1 unspecified atom stereocenters. The van der Waals surface area contributed by atoms with E-state index in [0.29, 0.717) is 11.6 Å². The van der Waals surface area contributed by atoms with Crippen molar-refractivity contribution in [1.29, 1.82) is 5.26 Å². The lowest BCUT2D eigenvalue weighted by Crippen LogP contribution is -2.22. The average molecular weight is 289 g/mol. The maximum absolute atomic E-state index is 12.8. The van der Waals surface area contributed by atoms with Gasteiger partial charge in [-0.25, -0.2) is 4.39 Å². The van der Waals surface area contributed by atoms with Crippen molar-refractivity contribution in [2.75, 3.05) is 6.54 Å². The summed E-state index contributed by atoms with van der Waals surface area (Å²) in [6.07, 6.45) is 0.725. The van der Waals surface area contributed by atoms with Crippen LogP contribution in [0.1, 0.15) is 17.2 Å². The van der Waals surface area contributed by atoms with Gasteiger partial charge in [0, 0.05) is 17.1 Å². The first kappa shape index (κ1) is 14.5. The molecular formula is C16H14ClFN2. The summed E-state index contributed by atoms with van der Waals surface area (Å²) in [4.78, 5) is 0. The fraction of sp³-hybridized carbons (Fsp3) is 0.188. The molecule has 0 heterocycles. The molecule has 1 N–H and O–H groups in total. The van der Waals surface area contributed by atoms with Crippen molar-refractivity contribution >= 4 is 11.6 Å². The number of nitriles is 1. The van der Waals surface area contributed by atoms with Crippen LogP contribution in [-0.4, -0.2) is 6.54 Å². The number of halogens is 2. The van der Waals surface area contributed by atoms with Crippen LogP contribution in [0, 0.1) is 17.1 Å². The van der Waals surface area contributed by atoms with Gasteiger partial charge in [-0.15, -0.1) is 0 Å². The molecule has 20 heavy (non-hydrogen) atoms. The van der Waals surface area contributed by atoms with E-state index in [4.69, 9.17) is 11.6 Å². The van der Waals surface area contributed by atoms with Crippen LogP contribution in [0.15, 0.2) is 48.5 Å². The highest BCUT2D eigenvalue weighted by atomic mass is 35.5. The van der Waals surface area contributed by atoms with Gasteiger partial charge in [0.2, 0.25) is 0 Å². The van der Waals surface area contributed by atoms with Crippen LogP contribution in [0.4, 0.5) is 4.39 Å². The fourth-order valence-corrected chi connectivity index (χ4v) is 2.19. The zero-order chi connectivity index (χ0) is 14.4. The molecule has 0 radical (unpaired) electrons. The van der Waals surface area contributed by atoms with E-state index in [1.54, 1.807) is 18.2 Å². The fourth-order valence-electron chi connectivity index (χ4n) is 1.95. The third-order valence-electron chi connectivity index (χ3n) is 3.02. The van der Waals surface area contributed by atoms with E-state index in [-0.39, 0.29) is 5.82 Å². The summed E-state index contributed by atoms with van der Waals surface area (Å²) in [5.74, 6) is -0.243. The molecule has 0 aliphatic rings. The summed E-state index contributed by atoms with van der Waals surface area (Å²) in [5.41, 5.74) is 1.80. The van der Waals surface area contributed by atoms with E-state index >= 15 is 0 Å². The van der Waals surface area contributed by atoms with Gasteiger partial charge >= 0.3 is 0 Å². The predicted molar refractivity (Wildman–Crippen MR) is 77.9 cm³/mol. The Bertz CT molecular complexity index is 605. The molecule has 2 aromatic rings. The van der Waals surface area contributed by atoms with Gasteiger partial charge in [0.1, 0.15) is 11.9 Å². The van der Waals surface area contributed by atoms with Crippen LogP contribution in [-0.2, 0) is 6.42 Å². The van der Waals surface area contributed by atoms with Crippen LogP contribution in [0.25, 0.3) is 0 Å². The highest BCUT2D eigenvalue weighted by Gasteiger charge is 2.12. The van der Waals surface area contributed by atoms with Crippen molar-refractivity contribution in [3.05, 3.63) is 70.5 Å². The molecule has 102 valence electrons. The molecule has 0 saturated carbocycles. The van der Waals surface area contributed by atoms with E-state index in [9.17, 15) is 9.65 Å². The molecule has 0 fully saturated rings. The van der Waals surface area contributed by atoms with Crippen molar-refractivity contribution in [2.45, 2.75) is 12.5 Å². The summed E-state index contributed by atoms with van der Waals surface area (Å²) in [5, 5.41) is 12.9. The highest BCUT2D eigenvalue weighted by Crippen LogP contribution is 2.21. The number of hydrogen-bond donors (Lipinski definition) is 1. The number of hydrogen-bond acceptors (Lipinski definition) is 2. The van der Waals surface area contributed by atoms with Crippen LogP contribution in [0.3, 0.4) is 0 Å². The van der Waals surface area contributed by atoms with Gasteiger partial charge in [0.05, 0.1) is 6.07 Å². The van der Waals surface area contributed by atoms with E-state index in [2.05, 4.69) is 11.4 Å². The second-order valence-electron chi connectivity index (χ2n) is 4.41. The van der Waals surface area contributed by atoms with Gasteiger partial charge in [0.25, 0.3) is 0 Å². The quantitative estimate of drug-likeness (QED) is 0.906. The summed E-state index contributed by atoms with van der Waals surface area (Å²) in [6, 6.07) is 15.4. The van der Waals surface area contributed by atoms with Crippen LogP contribution in [0.5, 0.6) is 0 Å². The Kier molecular flexibility index (Phi) is 5.11. The molecule has 0 aromatic heterocycles. The van der Waals surface area contributed by atoms with Crippen molar-refractivity contribution in [2.24, 2.45) is 0 Å². The molecule has 2 rings (SSSR count). The van der Waals surface area contributed by atoms with Crippen molar-refractivity contribution < 1.29 is 4.39 Å². The van der Waals surface area contributed by atoms with Crippen molar-refractivity contribution in [1.82, 2.24) is 5.32 Å². The second-order valence-corrected chi connectivity index (χ2v) is 4.82. The van der Waals surface area contributed by atoms with Gasteiger partial charge in [-0.3, -0.25) is 5.32 Å². The Morgan fingerprint density at radius 2 is 1.85 bits per heavy atom. The topological polar surface area (TPSA) is 35.8 Å². The number of nitrogens with zero attached hydrogens (tertiary/aromatic N) is 1. The minimum Gasteiger partial charge on any atom is -0.298 e. The van der Waals surface area contributed by atoms with Gasteiger partial charge in [-0.2, -0.15) is 5.26 Å². The summed E-state index contributed by atoms with van der Waals surface area (Å²) in [6.45, 7) is 0.620. The lowest BCUT2D eigenvalue weighted by molar-refractivity contribution is 0.620. The molecule has 0 bridgehead atoms. The molecule has 0 amide bonds. The van der Waals surface area contributed by atoms with Crippen LogP contribution < -0.4 is 5.32 Å². The van der Waals surface area contributed by atoms with Gasteiger partial charge < -0.3 is 0 Å². The largest absolute Gasteiger partial charge is 0.298 e. The van der Waals surface area contributed by atoms with Gasteiger partial charge in [0.15, 0.2) is 0 Å². The Morgan fingerprint density at radius 1 is 1.15 bits per heavy atom. The molecule has 0 aliphatic carbocycles. The monoisotopic (exact) mass is 288 g/mol. The molecule has 2 nitrogen and oxygen atoms in total. The third kappa shape index (κ3) is 3.80. The Hall–Kier alpha value is -1.89. The minimum absolute atomic E-state index is 0.243. The predicted octanol–water partition coefficient (Wildman–Crippen LogP) is 3.88. The van der Waals surface area contributed by atoms with Gasteiger partial charge in [-0.05, 0) is 30.2 Å².